The molecule has 2 heterocycles. The molecular weight excluding hydrogens is 274 g/mol. The van der Waals surface area contributed by atoms with Gasteiger partial charge < -0.3 is 0 Å². The molecule has 0 amide bonds. The van der Waals surface area contributed by atoms with Crippen molar-refractivity contribution in [2.24, 2.45) is 12.9 Å². The average molecular weight is 294 g/mol. The number of halogens is 1. The third-order valence-corrected chi connectivity index (χ3v) is 3.99. The van der Waals surface area contributed by atoms with Gasteiger partial charge in [-0.1, -0.05) is 24.6 Å². The van der Waals surface area contributed by atoms with E-state index in [0.717, 1.165) is 23.5 Å². The molecule has 0 fully saturated rings. The van der Waals surface area contributed by atoms with Crippen molar-refractivity contribution in [2.75, 3.05) is 0 Å². The summed E-state index contributed by atoms with van der Waals surface area (Å²) in [4.78, 5) is 4.47. The van der Waals surface area contributed by atoms with E-state index in [4.69, 9.17) is 17.4 Å². The van der Waals surface area contributed by atoms with Crippen LogP contribution in [0, 0.1) is 6.92 Å². The molecule has 1 atom stereocenters. The van der Waals surface area contributed by atoms with E-state index in [9.17, 15) is 0 Å². The van der Waals surface area contributed by atoms with Gasteiger partial charge in [0.05, 0.1) is 28.1 Å². The minimum Gasteiger partial charge on any atom is -0.271 e. The summed E-state index contributed by atoms with van der Waals surface area (Å²) < 4.78 is 1.80. The van der Waals surface area contributed by atoms with Gasteiger partial charge in [-0.3, -0.25) is 20.9 Å². The molecule has 0 radical (unpaired) electrons. The van der Waals surface area contributed by atoms with E-state index in [0.29, 0.717) is 11.4 Å². The van der Waals surface area contributed by atoms with Crippen LogP contribution >= 0.6 is 11.6 Å². The zero-order valence-corrected chi connectivity index (χ0v) is 12.8. The van der Waals surface area contributed by atoms with Gasteiger partial charge in [-0.25, -0.2) is 0 Å². The van der Waals surface area contributed by atoms with E-state index >= 15 is 0 Å². The van der Waals surface area contributed by atoms with Crippen LogP contribution in [0.2, 0.25) is 5.02 Å². The molecule has 0 spiro atoms. The van der Waals surface area contributed by atoms with Crippen molar-refractivity contribution in [3.63, 3.8) is 0 Å². The lowest BCUT2D eigenvalue weighted by molar-refractivity contribution is 0.514. The van der Waals surface area contributed by atoms with Crippen LogP contribution in [0.1, 0.15) is 35.6 Å². The third-order valence-electron chi connectivity index (χ3n) is 3.50. The van der Waals surface area contributed by atoms with Crippen molar-refractivity contribution in [1.82, 2.24) is 20.2 Å². The summed E-state index contributed by atoms with van der Waals surface area (Å²) in [5.74, 6) is 5.72. The number of nitrogens with two attached hydrogens (primary N) is 1. The van der Waals surface area contributed by atoms with E-state index in [1.807, 2.05) is 20.0 Å². The van der Waals surface area contributed by atoms with Crippen molar-refractivity contribution in [2.45, 2.75) is 32.7 Å². The monoisotopic (exact) mass is 293 g/mol. The summed E-state index contributed by atoms with van der Waals surface area (Å²) in [5, 5.41) is 5.03. The lowest BCUT2D eigenvalue weighted by atomic mass is 10.0. The average Bonchev–Trinajstić information content (AvgIpc) is 2.70. The first-order valence-electron chi connectivity index (χ1n) is 6.66. The molecular formula is C14H20ClN5. The van der Waals surface area contributed by atoms with Crippen LogP contribution in [0.3, 0.4) is 0 Å². The molecule has 6 heteroatoms. The van der Waals surface area contributed by atoms with E-state index < -0.39 is 0 Å². The number of hydrogen-bond donors (Lipinski definition) is 2. The molecule has 0 aliphatic carbocycles. The maximum Gasteiger partial charge on any atom is 0.0847 e. The second-order valence-corrected chi connectivity index (χ2v) is 5.17. The Kier molecular flexibility index (Phi) is 4.75. The molecule has 2 aromatic rings. The van der Waals surface area contributed by atoms with Crippen LogP contribution in [0.25, 0.3) is 0 Å². The number of rotatable bonds is 5. The standard InChI is InChI=1S/C14H20ClN5/c1-4-10-6-5-7-17-14(10)11(18-16)8-12-13(15)9(2)19-20(12)3/h5-7,11,18H,4,8,16H2,1-3H3. The molecule has 3 N–H and O–H groups in total. The van der Waals surface area contributed by atoms with Crippen LogP contribution in [-0.4, -0.2) is 14.8 Å². The highest BCUT2D eigenvalue weighted by molar-refractivity contribution is 6.31. The normalized spacial score (nSPS) is 12.7. The van der Waals surface area contributed by atoms with Crippen LogP contribution in [-0.2, 0) is 19.9 Å². The summed E-state index contributed by atoms with van der Waals surface area (Å²) in [6, 6.07) is 3.93. The lowest BCUT2D eigenvalue weighted by Gasteiger charge is -2.18. The Morgan fingerprint density at radius 1 is 1.50 bits per heavy atom. The first-order valence-corrected chi connectivity index (χ1v) is 7.04. The van der Waals surface area contributed by atoms with Gasteiger partial charge >= 0.3 is 0 Å². The van der Waals surface area contributed by atoms with Crippen LogP contribution in [0.4, 0.5) is 0 Å². The Labute approximate surface area is 124 Å². The molecule has 5 nitrogen and oxygen atoms in total. The van der Waals surface area contributed by atoms with Crippen molar-refractivity contribution in [3.8, 4) is 0 Å². The highest BCUT2D eigenvalue weighted by atomic mass is 35.5. The quantitative estimate of drug-likeness (QED) is 0.654. The fraction of sp³-hybridized carbons (Fsp3) is 0.429. The zero-order chi connectivity index (χ0) is 14.7. The van der Waals surface area contributed by atoms with Crippen molar-refractivity contribution < 1.29 is 0 Å². The second-order valence-electron chi connectivity index (χ2n) is 4.79. The van der Waals surface area contributed by atoms with Gasteiger partial charge in [-0.05, 0) is 25.0 Å². The van der Waals surface area contributed by atoms with E-state index in [-0.39, 0.29) is 6.04 Å². The lowest BCUT2D eigenvalue weighted by Crippen LogP contribution is -2.31. The van der Waals surface area contributed by atoms with Gasteiger partial charge in [-0.15, -0.1) is 0 Å². The minimum absolute atomic E-state index is 0.0848. The van der Waals surface area contributed by atoms with Crippen LogP contribution in [0.5, 0.6) is 0 Å². The summed E-state index contributed by atoms with van der Waals surface area (Å²) in [7, 11) is 1.89. The fourth-order valence-corrected chi connectivity index (χ4v) is 2.63. The SMILES string of the molecule is CCc1cccnc1C(Cc1c(Cl)c(C)nn1C)NN. The predicted molar refractivity (Wildman–Crippen MR) is 80.3 cm³/mol. The third kappa shape index (κ3) is 2.85. The molecule has 0 bridgehead atoms. The number of aryl methyl sites for hydroxylation is 3. The molecule has 0 aliphatic rings. The molecule has 0 saturated heterocycles. The van der Waals surface area contributed by atoms with Gasteiger partial charge in [0.2, 0.25) is 0 Å². The Morgan fingerprint density at radius 3 is 2.80 bits per heavy atom. The van der Waals surface area contributed by atoms with Gasteiger partial charge in [0, 0.05) is 19.7 Å². The molecule has 2 aromatic heterocycles. The van der Waals surface area contributed by atoms with E-state index in [1.165, 1.54) is 5.56 Å². The predicted octanol–water partition coefficient (Wildman–Crippen LogP) is 2.09. The number of hydrazine groups is 1. The summed E-state index contributed by atoms with van der Waals surface area (Å²) in [6.07, 6.45) is 3.35. The van der Waals surface area contributed by atoms with Gasteiger partial charge in [-0.2, -0.15) is 5.10 Å². The number of aromatic nitrogens is 3. The molecule has 0 saturated carbocycles. The highest BCUT2D eigenvalue weighted by Crippen LogP contribution is 2.26. The largest absolute Gasteiger partial charge is 0.271 e. The smallest absolute Gasteiger partial charge is 0.0847 e. The number of pyridine rings is 1. The Balaban J connectivity index is 2.34. The molecule has 0 aliphatic heterocycles. The topological polar surface area (TPSA) is 68.8 Å². The van der Waals surface area contributed by atoms with Crippen molar-refractivity contribution in [1.29, 1.82) is 0 Å². The van der Waals surface area contributed by atoms with E-state index in [1.54, 1.807) is 10.9 Å². The number of nitrogens with one attached hydrogen (secondary N) is 1. The second kappa shape index (κ2) is 6.35. The summed E-state index contributed by atoms with van der Waals surface area (Å²) in [5.41, 5.74) is 6.78. The molecule has 0 aromatic carbocycles. The Bertz CT molecular complexity index is 593. The van der Waals surface area contributed by atoms with Crippen molar-refractivity contribution >= 4 is 11.6 Å². The number of hydrogen-bond acceptors (Lipinski definition) is 4. The number of nitrogens with zero attached hydrogens (tertiary/aromatic N) is 3. The minimum atomic E-state index is -0.0848. The summed E-state index contributed by atoms with van der Waals surface area (Å²) >= 11 is 6.30. The van der Waals surface area contributed by atoms with Gasteiger partial charge in [0.25, 0.3) is 0 Å². The van der Waals surface area contributed by atoms with E-state index in [2.05, 4.69) is 28.5 Å². The Hall–Kier alpha value is -1.43. The maximum absolute atomic E-state index is 6.30. The zero-order valence-electron chi connectivity index (χ0n) is 12.0. The fourth-order valence-electron chi connectivity index (χ4n) is 2.39. The first-order chi connectivity index (χ1) is 9.58. The van der Waals surface area contributed by atoms with Crippen molar-refractivity contribution in [3.05, 3.63) is 46.0 Å². The van der Waals surface area contributed by atoms with Gasteiger partial charge in [0.1, 0.15) is 0 Å². The molecule has 1 unspecified atom stereocenters. The van der Waals surface area contributed by atoms with Gasteiger partial charge in [0.15, 0.2) is 0 Å². The van der Waals surface area contributed by atoms with Crippen LogP contribution < -0.4 is 11.3 Å². The molecule has 108 valence electrons. The van der Waals surface area contributed by atoms with Crippen LogP contribution in [0.15, 0.2) is 18.3 Å². The molecule has 2 rings (SSSR count). The Morgan fingerprint density at radius 2 is 2.25 bits per heavy atom. The first kappa shape index (κ1) is 15.0. The highest BCUT2D eigenvalue weighted by Gasteiger charge is 2.20. The molecule has 20 heavy (non-hydrogen) atoms. The summed E-state index contributed by atoms with van der Waals surface area (Å²) in [6.45, 7) is 4.00. The maximum atomic E-state index is 6.30.